The molecule has 88 valence electrons. The van der Waals surface area contributed by atoms with Crippen molar-refractivity contribution in [1.29, 1.82) is 0 Å². The third-order valence-electron chi connectivity index (χ3n) is 2.13. The molecule has 1 rings (SSSR count). The van der Waals surface area contributed by atoms with Gasteiger partial charge in [-0.05, 0) is 13.8 Å². The summed E-state index contributed by atoms with van der Waals surface area (Å²) >= 11 is 0. The lowest BCUT2D eigenvalue weighted by Crippen LogP contribution is -2.15. The smallest absolute Gasteiger partial charge is 0.343 e. The van der Waals surface area contributed by atoms with Crippen molar-refractivity contribution in [3.63, 3.8) is 0 Å². The van der Waals surface area contributed by atoms with Crippen LogP contribution in [0.5, 0.6) is 0 Å². The fourth-order valence-electron chi connectivity index (χ4n) is 1.33. The first-order chi connectivity index (χ1) is 7.47. The van der Waals surface area contributed by atoms with Gasteiger partial charge in [-0.25, -0.2) is 14.8 Å². The fraction of sp³-hybridized carbons (Fsp3) is 0.545. The Morgan fingerprint density at radius 3 is 2.50 bits per heavy atom. The molecule has 0 fully saturated rings. The van der Waals surface area contributed by atoms with E-state index in [1.165, 1.54) is 0 Å². The zero-order valence-corrected chi connectivity index (χ0v) is 10.1. The Kier molecular flexibility index (Phi) is 3.82. The van der Waals surface area contributed by atoms with Crippen molar-refractivity contribution in [1.82, 2.24) is 9.97 Å². The molecule has 1 heterocycles. The van der Waals surface area contributed by atoms with Crippen LogP contribution in [-0.4, -0.2) is 22.5 Å². The van der Waals surface area contributed by atoms with Crippen LogP contribution in [0, 0.1) is 6.92 Å². The lowest BCUT2D eigenvalue weighted by Gasteiger charge is -2.10. The number of aryl methyl sites for hydroxylation is 1. The van der Waals surface area contributed by atoms with Crippen LogP contribution < -0.4 is 5.73 Å². The topological polar surface area (TPSA) is 78.1 Å². The minimum absolute atomic E-state index is 0.178. The van der Waals surface area contributed by atoms with Gasteiger partial charge in [0.1, 0.15) is 17.2 Å². The van der Waals surface area contributed by atoms with Crippen LogP contribution >= 0.6 is 0 Å². The summed E-state index contributed by atoms with van der Waals surface area (Å²) in [7, 11) is 0. The molecule has 0 unspecified atom stereocenters. The predicted octanol–water partition coefficient (Wildman–Crippen LogP) is 1.67. The molecule has 0 radical (unpaired) electrons. The van der Waals surface area contributed by atoms with E-state index in [2.05, 4.69) is 9.97 Å². The number of hydrogen-bond donors (Lipinski definition) is 1. The summed E-state index contributed by atoms with van der Waals surface area (Å²) < 4.78 is 4.89. The molecule has 0 aromatic carbocycles. The van der Waals surface area contributed by atoms with Crippen molar-refractivity contribution >= 4 is 11.8 Å². The van der Waals surface area contributed by atoms with Crippen molar-refractivity contribution in [3.05, 3.63) is 17.1 Å². The van der Waals surface area contributed by atoms with E-state index in [-0.39, 0.29) is 17.3 Å². The molecule has 0 aliphatic rings. The lowest BCUT2D eigenvalue weighted by atomic mass is 10.1. The Labute approximate surface area is 95.0 Å². The monoisotopic (exact) mass is 223 g/mol. The molecule has 1 aromatic heterocycles. The molecule has 0 amide bonds. The highest BCUT2D eigenvalue weighted by atomic mass is 16.5. The zero-order chi connectivity index (χ0) is 12.3. The standard InChI is InChI=1S/C11H17N3O2/c1-5-16-11(15)8-7(4)13-10(6(2)3)14-9(8)12/h6H,5H2,1-4H3,(H2,12,13,14). The zero-order valence-electron chi connectivity index (χ0n) is 10.1. The normalized spacial score (nSPS) is 10.6. The lowest BCUT2D eigenvalue weighted by molar-refractivity contribution is 0.0525. The molecule has 0 saturated heterocycles. The van der Waals surface area contributed by atoms with E-state index in [1.54, 1.807) is 13.8 Å². The maximum absolute atomic E-state index is 11.6. The van der Waals surface area contributed by atoms with Gasteiger partial charge in [-0.15, -0.1) is 0 Å². The van der Waals surface area contributed by atoms with Crippen molar-refractivity contribution in [2.75, 3.05) is 12.3 Å². The van der Waals surface area contributed by atoms with Gasteiger partial charge in [-0.2, -0.15) is 0 Å². The quantitative estimate of drug-likeness (QED) is 0.788. The third-order valence-corrected chi connectivity index (χ3v) is 2.13. The second-order valence-electron chi connectivity index (χ2n) is 3.80. The number of esters is 1. The summed E-state index contributed by atoms with van der Waals surface area (Å²) in [5.74, 6) is 0.544. The first kappa shape index (κ1) is 12.4. The molecular weight excluding hydrogens is 206 g/mol. The second kappa shape index (κ2) is 4.92. The molecule has 1 aromatic rings. The summed E-state index contributed by atoms with van der Waals surface area (Å²) in [5.41, 5.74) is 6.57. The first-order valence-corrected chi connectivity index (χ1v) is 5.28. The second-order valence-corrected chi connectivity index (χ2v) is 3.80. The van der Waals surface area contributed by atoms with Crippen LogP contribution in [0.2, 0.25) is 0 Å². The molecule has 0 bridgehead atoms. The predicted molar refractivity (Wildman–Crippen MR) is 61.2 cm³/mol. The largest absolute Gasteiger partial charge is 0.462 e. The summed E-state index contributed by atoms with van der Waals surface area (Å²) in [4.78, 5) is 19.9. The Morgan fingerprint density at radius 1 is 1.44 bits per heavy atom. The minimum Gasteiger partial charge on any atom is -0.462 e. The number of nitrogen functional groups attached to an aromatic ring is 1. The van der Waals surface area contributed by atoms with E-state index in [4.69, 9.17) is 10.5 Å². The SMILES string of the molecule is CCOC(=O)c1c(C)nc(C(C)C)nc1N. The highest BCUT2D eigenvalue weighted by Crippen LogP contribution is 2.18. The molecular formula is C11H17N3O2. The van der Waals surface area contributed by atoms with Crippen molar-refractivity contribution in [2.45, 2.75) is 33.6 Å². The van der Waals surface area contributed by atoms with E-state index >= 15 is 0 Å². The molecule has 5 nitrogen and oxygen atoms in total. The van der Waals surface area contributed by atoms with E-state index in [9.17, 15) is 4.79 Å². The summed E-state index contributed by atoms with van der Waals surface area (Å²) in [6.45, 7) is 7.73. The minimum atomic E-state index is -0.465. The van der Waals surface area contributed by atoms with Crippen molar-refractivity contribution in [3.8, 4) is 0 Å². The third kappa shape index (κ3) is 2.48. The van der Waals surface area contributed by atoms with E-state index in [0.29, 0.717) is 18.1 Å². The number of carbonyl (C=O) groups is 1. The van der Waals surface area contributed by atoms with Gasteiger partial charge in [-0.3, -0.25) is 0 Å². The van der Waals surface area contributed by atoms with E-state index in [0.717, 1.165) is 0 Å². The maximum atomic E-state index is 11.6. The van der Waals surface area contributed by atoms with Gasteiger partial charge in [0.2, 0.25) is 0 Å². The molecule has 5 heteroatoms. The fourth-order valence-corrected chi connectivity index (χ4v) is 1.33. The highest BCUT2D eigenvalue weighted by Gasteiger charge is 2.18. The molecule has 2 N–H and O–H groups in total. The summed E-state index contributed by atoms with van der Waals surface area (Å²) in [6, 6.07) is 0. The summed E-state index contributed by atoms with van der Waals surface area (Å²) in [5, 5.41) is 0. The molecule has 0 aliphatic heterocycles. The average Bonchev–Trinajstić information content (AvgIpc) is 2.16. The number of hydrogen-bond acceptors (Lipinski definition) is 5. The first-order valence-electron chi connectivity index (χ1n) is 5.28. The number of nitrogens with zero attached hydrogens (tertiary/aromatic N) is 2. The molecule has 0 aliphatic carbocycles. The van der Waals surface area contributed by atoms with E-state index in [1.807, 2.05) is 13.8 Å². The van der Waals surface area contributed by atoms with Gasteiger partial charge in [0.25, 0.3) is 0 Å². The van der Waals surface area contributed by atoms with Crippen molar-refractivity contribution < 1.29 is 9.53 Å². The molecule has 0 saturated carbocycles. The Hall–Kier alpha value is -1.65. The van der Waals surface area contributed by atoms with Crippen molar-refractivity contribution in [2.24, 2.45) is 0 Å². The Morgan fingerprint density at radius 2 is 2.06 bits per heavy atom. The number of aromatic nitrogens is 2. The van der Waals surface area contributed by atoms with Crippen LogP contribution in [0.1, 0.15) is 48.6 Å². The van der Waals surface area contributed by atoms with Gasteiger partial charge in [0.15, 0.2) is 0 Å². The highest BCUT2D eigenvalue weighted by molar-refractivity contribution is 5.95. The summed E-state index contributed by atoms with van der Waals surface area (Å²) in [6.07, 6.45) is 0. The van der Waals surface area contributed by atoms with Crippen LogP contribution in [0.3, 0.4) is 0 Å². The van der Waals surface area contributed by atoms with E-state index < -0.39 is 5.97 Å². The molecule has 0 atom stereocenters. The Balaban J connectivity index is 3.17. The molecule has 0 spiro atoms. The van der Waals surface area contributed by atoms with Gasteiger partial charge in [-0.1, -0.05) is 13.8 Å². The van der Waals surface area contributed by atoms with Crippen LogP contribution in [0.25, 0.3) is 0 Å². The van der Waals surface area contributed by atoms with Gasteiger partial charge in [0.05, 0.1) is 12.3 Å². The van der Waals surface area contributed by atoms with Gasteiger partial charge in [0, 0.05) is 5.92 Å². The average molecular weight is 223 g/mol. The number of carbonyl (C=O) groups excluding carboxylic acids is 1. The number of rotatable bonds is 3. The number of anilines is 1. The van der Waals surface area contributed by atoms with Gasteiger partial charge >= 0.3 is 5.97 Å². The van der Waals surface area contributed by atoms with Crippen LogP contribution in [-0.2, 0) is 4.74 Å². The van der Waals surface area contributed by atoms with Gasteiger partial charge < -0.3 is 10.5 Å². The Bertz CT molecular complexity index is 379. The number of ether oxygens (including phenoxy) is 1. The number of nitrogens with two attached hydrogens (primary N) is 1. The van der Waals surface area contributed by atoms with Crippen LogP contribution in [0.4, 0.5) is 5.82 Å². The molecule has 16 heavy (non-hydrogen) atoms. The van der Waals surface area contributed by atoms with Crippen LogP contribution in [0.15, 0.2) is 0 Å². The maximum Gasteiger partial charge on any atom is 0.343 e.